The molecule has 1 fully saturated rings. The topological polar surface area (TPSA) is 79.5 Å². The Labute approximate surface area is 188 Å². The molecule has 0 heterocycles. The Balaban J connectivity index is 1.30. The second-order valence-electron chi connectivity index (χ2n) is 8.02. The predicted octanol–water partition coefficient (Wildman–Crippen LogP) is 4.38. The van der Waals surface area contributed by atoms with Crippen LogP contribution in [-0.2, 0) is 6.54 Å². The molecule has 166 valence electrons. The van der Waals surface area contributed by atoms with E-state index in [1.165, 1.54) is 0 Å². The summed E-state index contributed by atoms with van der Waals surface area (Å²) in [7, 11) is 1.61. The van der Waals surface area contributed by atoms with Crippen molar-refractivity contribution >= 4 is 23.5 Å². The smallest absolute Gasteiger partial charge is 0.315 e. The fourth-order valence-electron chi connectivity index (χ4n) is 3.85. The number of nitrogens with one attached hydrogen (secondary N) is 3. The first kappa shape index (κ1) is 22.9. The molecule has 2 aromatic carbocycles. The molecule has 0 radical (unpaired) electrons. The van der Waals surface area contributed by atoms with Crippen molar-refractivity contribution in [2.75, 3.05) is 20.2 Å². The zero-order valence-corrected chi connectivity index (χ0v) is 18.6. The predicted molar refractivity (Wildman–Crippen MR) is 122 cm³/mol. The van der Waals surface area contributed by atoms with Gasteiger partial charge in [0.25, 0.3) is 5.91 Å². The molecule has 1 aliphatic rings. The molecule has 3 N–H and O–H groups in total. The van der Waals surface area contributed by atoms with Gasteiger partial charge in [0.05, 0.1) is 7.11 Å². The van der Waals surface area contributed by atoms with Crippen LogP contribution >= 0.6 is 11.6 Å². The normalized spacial score (nSPS) is 18.1. The van der Waals surface area contributed by atoms with Crippen LogP contribution in [0.3, 0.4) is 0 Å². The Morgan fingerprint density at radius 1 is 0.935 bits per heavy atom. The molecule has 0 aliphatic heterocycles. The van der Waals surface area contributed by atoms with Crippen molar-refractivity contribution in [3.05, 3.63) is 64.7 Å². The minimum atomic E-state index is -0.158. The number of hydrogen-bond acceptors (Lipinski definition) is 3. The van der Waals surface area contributed by atoms with Crippen LogP contribution in [0.2, 0.25) is 5.02 Å². The zero-order chi connectivity index (χ0) is 22.1. The Morgan fingerprint density at radius 3 is 2.19 bits per heavy atom. The number of halogens is 1. The summed E-state index contributed by atoms with van der Waals surface area (Å²) in [6, 6.07) is 14.4. The van der Waals surface area contributed by atoms with Gasteiger partial charge in [-0.25, -0.2) is 4.79 Å². The fourth-order valence-corrected chi connectivity index (χ4v) is 4.06. The summed E-state index contributed by atoms with van der Waals surface area (Å²) in [6.07, 6.45) is 4.22. The lowest BCUT2D eigenvalue weighted by atomic mass is 9.82. The average Bonchev–Trinajstić information content (AvgIpc) is 2.80. The molecule has 0 saturated heterocycles. The largest absolute Gasteiger partial charge is 0.497 e. The number of methoxy groups -OCH3 is 1. The standard InChI is InChI=1S/C24H30ClN3O3/c1-31-22-11-9-20(10-12-22)23(29)26-14-17-5-7-18(8-6-17)15-27-24(30)28-16-19-3-2-4-21(25)13-19/h2-4,9-13,17-18H,5-8,14-16H2,1H3,(H,26,29)(H2,27,28,30). The van der Waals surface area contributed by atoms with Gasteiger partial charge >= 0.3 is 6.03 Å². The molecule has 0 bridgehead atoms. The first-order valence-electron chi connectivity index (χ1n) is 10.7. The van der Waals surface area contributed by atoms with E-state index in [0.29, 0.717) is 42.1 Å². The number of benzene rings is 2. The van der Waals surface area contributed by atoms with Crippen LogP contribution in [-0.4, -0.2) is 32.1 Å². The highest BCUT2D eigenvalue weighted by Crippen LogP contribution is 2.28. The van der Waals surface area contributed by atoms with Gasteiger partial charge in [0, 0.05) is 30.2 Å². The third kappa shape index (κ3) is 7.47. The molecule has 7 heteroatoms. The third-order valence-corrected chi connectivity index (χ3v) is 6.00. The lowest BCUT2D eigenvalue weighted by molar-refractivity contribution is 0.0941. The van der Waals surface area contributed by atoms with E-state index in [0.717, 1.165) is 37.0 Å². The highest BCUT2D eigenvalue weighted by atomic mass is 35.5. The van der Waals surface area contributed by atoms with Crippen LogP contribution in [0, 0.1) is 11.8 Å². The number of rotatable bonds is 8. The molecular formula is C24H30ClN3O3. The van der Waals surface area contributed by atoms with Gasteiger partial charge in [-0.05, 0) is 79.5 Å². The Kier molecular flexibility index (Phi) is 8.59. The second-order valence-corrected chi connectivity index (χ2v) is 8.46. The summed E-state index contributed by atoms with van der Waals surface area (Å²) in [5, 5.41) is 9.54. The van der Waals surface area contributed by atoms with Gasteiger partial charge in [0.15, 0.2) is 0 Å². The number of hydrogen-bond donors (Lipinski definition) is 3. The van der Waals surface area contributed by atoms with E-state index in [-0.39, 0.29) is 11.9 Å². The van der Waals surface area contributed by atoms with Gasteiger partial charge in [0.2, 0.25) is 0 Å². The van der Waals surface area contributed by atoms with Crippen LogP contribution in [0.15, 0.2) is 48.5 Å². The number of ether oxygens (including phenoxy) is 1. The maximum Gasteiger partial charge on any atom is 0.315 e. The highest BCUT2D eigenvalue weighted by molar-refractivity contribution is 6.30. The van der Waals surface area contributed by atoms with E-state index in [1.54, 1.807) is 31.4 Å². The highest BCUT2D eigenvalue weighted by Gasteiger charge is 2.22. The summed E-state index contributed by atoms with van der Waals surface area (Å²) < 4.78 is 5.12. The van der Waals surface area contributed by atoms with Gasteiger partial charge in [-0.2, -0.15) is 0 Å². The molecule has 0 atom stereocenters. The van der Waals surface area contributed by atoms with Crippen LogP contribution in [0.25, 0.3) is 0 Å². The Hall–Kier alpha value is -2.73. The maximum absolute atomic E-state index is 12.3. The van der Waals surface area contributed by atoms with Crippen molar-refractivity contribution < 1.29 is 14.3 Å². The minimum Gasteiger partial charge on any atom is -0.497 e. The lowest BCUT2D eigenvalue weighted by Gasteiger charge is -2.28. The first-order chi connectivity index (χ1) is 15.0. The summed E-state index contributed by atoms with van der Waals surface area (Å²) >= 11 is 5.96. The van der Waals surface area contributed by atoms with Crippen molar-refractivity contribution in [2.45, 2.75) is 32.2 Å². The fraction of sp³-hybridized carbons (Fsp3) is 0.417. The molecule has 0 spiro atoms. The zero-order valence-electron chi connectivity index (χ0n) is 17.8. The van der Waals surface area contributed by atoms with Gasteiger partial charge in [-0.1, -0.05) is 23.7 Å². The van der Waals surface area contributed by atoms with Crippen molar-refractivity contribution in [2.24, 2.45) is 11.8 Å². The van der Waals surface area contributed by atoms with Crippen LogP contribution in [0.4, 0.5) is 4.79 Å². The van der Waals surface area contributed by atoms with E-state index in [1.807, 2.05) is 24.3 Å². The van der Waals surface area contributed by atoms with E-state index >= 15 is 0 Å². The van der Waals surface area contributed by atoms with Gasteiger partial charge in [0.1, 0.15) is 5.75 Å². The second kappa shape index (κ2) is 11.6. The lowest BCUT2D eigenvalue weighted by Crippen LogP contribution is -2.39. The van der Waals surface area contributed by atoms with Crippen molar-refractivity contribution in [1.29, 1.82) is 0 Å². The summed E-state index contributed by atoms with van der Waals surface area (Å²) in [5.41, 5.74) is 1.61. The molecular weight excluding hydrogens is 414 g/mol. The van der Waals surface area contributed by atoms with Crippen LogP contribution in [0.5, 0.6) is 5.75 Å². The molecule has 1 aliphatic carbocycles. The molecule has 3 amide bonds. The Bertz CT molecular complexity index is 865. The monoisotopic (exact) mass is 443 g/mol. The Morgan fingerprint density at radius 2 is 1.58 bits per heavy atom. The van der Waals surface area contributed by atoms with Crippen molar-refractivity contribution in [3.8, 4) is 5.75 Å². The number of urea groups is 1. The third-order valence-electron chi connectivity index (χ3n) is 5.76. The SMILES string of the molecule is COc1ccc(C(=O)NCC2CCC(CNC(=O)NCc3cccc(Cl)c3)CC2)cc1. The molecule has 0 aromatic heterocycles. The number of carbonyl (C=O) groups excluding carboxylic acids is 2. The molecule has 3 rings (SSSR count). The van der Waals surface area contributed by atoms with Gasteiger partial charge in [-0.3, -0.25) is 4.79 Å². The minimum absolute atomic E-state index is 0.0529. The maximum atomic E-state index is 12.3. The van der Waals surface area contributed by atoms with E-state index in [2.05, 4.69) is 16.0 Å². The molecule has 31 heavy (non-hydrogen) atoms. The molecule has 0 unspecified atom stereocenters. The van der Waals surface area contributed by atoms with E-state index < -0.39 is 0 Å². The van der Waals surface area contributed by atoms with Crippen LogP contribution < -0.4 is 20.7 Å². The molecule has 2 aromatic rings. The van der Waals surface area contributed by atoms with Gasteiger partial charge in [-0.15, -0.1) is 0 Å². The molecule has 1 saturated carbocycles. The quantitative estimate of drug-likeness (QED) is 0.566. The van der Waals surface area contributed by atoms with E-state index in [9.17, 15) is 9.59 Å². The summed E-state index contributed by atoms with van der Waals surface area (Å²) in [5.74, 6) is 1.64. The summed E-state index contributed by atoms with van der Waals surface area (Å²) in [4.78, 5) is 24.3. The van der Waals surface area contributed by atoms with Gasteiger partial charge < -0.3 is 20.7 Å². The number of amides is 3. The average molecular weight is 444 g/mol. The first-order valence-corrected chi connectivity index (χ1v) is 11.1. The number of carbonyl (C=O) groups is 2. The van der Waals surface area contributed by atoms with E-state index in [4.69, 9.17) is 16.3 Å². The van der Waals surface area contributed by atoms with Crippen LogP contribution in [0.1, 0.15) is 41.6 Å². The van der Waals surface area contributed by atoms with Crippen molar-refractivity contribution in [3.63, 3.8) is 0 Å². The van der Waals surface area contributed by atoms with Crippen molar-refractivity contribution in [1.82, 2.24) is 16.0 Å². The molecule has 6 nitrogen and oxygen atoms in total. The summed E-state index contributed by atoms with van der Waals surface area (Å²) in [6.45, 7) is 1.81.